The van der Waals surface area contributed by atoms with Gasteiger partial charge in [-0.15, -0.1) is 0 Å². The molecule has 62 valence electrons. The maximum atomic E-state index is 10.9. The summed E-state index contributed by atoms with van der Waals surface area (Å²) in [6, 6.07) is 0. The van der Waals surface area contributed by atoms with Crippen molar-refractivity contribution < 1.29 is 8.42 Å². The van der Waals surface area contributed by atoms with Crippen LogP contribution in [0.1, 0.15) is 13.3 Å². The molecule has 10 heavy (non-hydrogen) atoms. The zero-order chi connectivity index (χ0) is 8.04. The summed E-state index contributed by atoms with van der Waals surface area (Å²) in [5.41, 5.74) is 0. The fourth-order valence-electron chi connectivity index (χ4n) is 0.671. The van der Waals surface area contributed by atoms with E-state index < -0.39 is 9.84 Å². The molecule has 0 aliphatic rings. The highest BCUT2D eigenvalue weighted by Crippen LogP contribution is 1.91. The summed E-state index contributed by atoms with van der Waals surface area (Å²) in [5, 5.41) is 2.80. The quantitative estimate of drug-likeness (QED) is 0.625. The largest absolute Gasteiger partial charge is 0.319 e. The molecule has 0 radical (unpaired) electrons. The Hall–Kier alpha value is -0.0900. The van der Waals surface area contributed by atoms with Crippen LogP contribution >= 0.6 is 0 Å². The molecule has 1 N–H and O–H groups in total. The predicted octanol–water partition coefficient (Wildman–Crippen LogP) is 0.0306. The van der Waals surface area contributed by atoms with E-state index in [1.165, 1.54) is 0 Å². The molecular weight excluding hydrogens is 150 g/mol. The van der Waals surface area contributed by atoms with E-state index >= 15 is 0 Å². The van der Waals surface area contributed by atoms with Gasteiger partial charge in [0.2, 0.25) is 0 Å². The van der Waals surface area contributed by atoms with E-state index in [9.17, 15) is 8.42 Å². The molecule has 0 spiro atoms. The van der Waals surface area contributed by atoms with Crippen LogP contribution in [0.25, 0.3) is 0 Å². The van der Waals surface area contributed by atoms with E-state index in [2.05, 4.69) is 5.32 Å². The van der Waals surface area contributed by atoms with Crippen LogP contribution < -0.4 is 5.32 Å². The smallest absolute Gasteiger partial charge is 0.151 e. The minimum absolute atomic E-state index is 0.261. The minimum atomic E-state index is -2.76. The second kappa shape index (κ2) is 4.68. The summed E-state index contributed by atoms with van der Waals surface area (Å²) in [7, 11) is -1.00. The van der Waals surface area contributed by atoms with Gasteiger partial charge < -0.3 is 5.32 Å². The Kier molecular flexibility index (Phi) is 4.64. The lowest BCUT2D eigenvalue weighted by atomic mass is 10.6. The fraction of sp³-hybridized carbons (Fsp3) is 1.00. The molecule has 0 aromatic heterocycles. The first-order chi connectivity index (χ1) is 4.62. The van der Waals surface area contributed by atoms with E-state index in [-0.39, 0.29) is 5.75 Å². The highest BCUT2D eigenvalue weighted by molar-refractivity contribution is 7.91. The van der Waals surface area contributed by atoms with Crippen molar-refractivity contribution in [3.05, 3.63) is 0 Å². The number of sulfone groups is 1. The molecular formula is C6H15NO2S. The fourth-order valence-corrected chi connectivity index (χ4v) is 2.01. The normalized spacial score (nSPS) is 11.8. The average molecular weight is 165 g/mol. The highest BCUT2D eigenvalue weighted by Gasteiger charge is 2.06. The first kappa shape index (κ1) is 9.91. The molecule has 0 aliphatic carbocycles. The van der Waals surface area contributed by atoms with Crippen LogP contribution in [0.2, 0.25) is 0 Å². The third kappa shape index (κ3) is 4.76. The number of hydrogen-bond donors (Lipinski definition) is 1. The Balaban J connectivity index is 3.65. The van der Waals surface area contributed by atoms with Crippen molar-refractivity contribution in [1.29, 1.82) is 0 Å². The van der Waals surface area contributed by atoms with Crippen molar-refractivity contribution >= 4 is 9.84 Å². The summed E-state index contributed by atoms with van der Waals surface area (Å²) in [5.74, 6) is 0.575. The van der Waals surface area contributed by atoms with Crippen LogP contribution in [-0.2, 0) is 9.84 Å². The molecule has 0 bridgehead atoms. The Labute approximate surface area is 62.7 Å². The number of hydrogen-bond acceptors (Lipinski definition) is 3. The van der Waals surface area contributed by atoms with E-state index in [4.69, 9.17) is 0 Å². The number of nitrogens with one attached hydrogen (secondary N) is 1. The van der Waals surface area contributed by atoms with Gasteiger partial charge in [-0.25, -0.2) is 8.42 Å². The molecule has 3 nitrogen and oxygen atoms in total. The van der Waals surface area contributed by atoms with Crippen LogP contribution in [0.3, 0.4) is 0 Å². The van der Waals surface area contributed by atoms with Gasteiger partial charge in [0, 0.05) is 12.3 Å². The van der Waals surface area contributed by atoms with Crippen LogP contribution in [0, 0.1) is 0 Å². The lowest BCUT2D eigenvalue weighted by molar-refractivity contribution is 0.592. The third-order valence-electron chi connectivity index (χ3n) is 1.18. The standard InChI is InChI=1S/C6H15NO2S/c1-3-5-10(8,9)6-4-7-2/h7H,3-6H2,1-2H3. The molecule has 0 amide bonds. The van der Waals surface area contributed by atoms with Gasteiger partial charge in [-0.1, -0.05) is 6.92 Å². The summed E-state index contributed by atoms with van der Waals surface area (Å²) in [4.78, 5) is 0. The zero-order valence-electron chi connectivity index (χ0n) is 6.55. The highest BCUT2D eigenvalue weighted by atomic mass is 32.2. The van der Waals surface area contributed by atoms with E-state index in [0.717, 1.165) is 0 Å². The van der Waals surface area contributed by atoms with Crippen LogP contribution in [0.15, 0.2) is 0 Å². The molecule has 0 aromatic rings. The van der Waals surface area contributed by atoms with Crippen LogP contribution in [-0.4, -0.2) is 33.5 Å². The molecule has 0 unspecified atom stereocenters. The van der Waals surface area contributed by atoms with Crippen molar-refractivity contribution in [2.45, 2.75) is 13.3 Å². The summed E-state index contributed by atoms with van der Waals surface area (Å²) >= 11 is 0. The van der Waals surface area contributed by atoms with E-state index in [1.807, 2.05) is 6.92 Å². The second-order valence-electron chi connectivity index (χ2n) is 2.26. The summed E-state index contributed by atoms with van der Waals surface area (Å²) < 4.78 is 21.9. The Morgan fingerprint density at radius 1 is 1.30 bits per heavy atom. The van der Waals surface area contributed by atoms with Gasteiger partial charge in [-0.05, 0) is 13.5 Å². The maximum Gasteiger partial charge on any atom is 0.151 e. The van der Waals surface area contributed by atoms with Gasteiger partial charge in [-0.2, -0.15) is 0 Å². The molecule has 4 heteroatoms. The van der Waals surface area contributed by atoms with Crippen molar-refractivity contribution in [2.75, 3.05) is 25.1 Å². The Morgan fingerprint density at radius 3 is 2.30 bits per heavy atom. The molecule has 0 aliphatic heterocycles. The van der Waals surface area contributed by atoms with E-state index in [1.54, 1.807) is 7.05 Å². The molecule has 0 aromatic carbocycles. The molecule has 0 saturated carbocycles. The number of rotatable bonds is 5. The predicted molar refractivity (Wildman–Crippen MR) is 42.9 cm³/mol. The first-order valence-corrected chi connectivity index (χ1v) is 5.29. The lowest BCUT2D eigenvalue weighted by Gasteiger charge is -1.99. The van der Waals surface area contributed by atoms with Gasteiger partial charge in [0.1, 0.15) is 0 Å². The van der Waals surface area contributed by atoms with Crippen molar-refractivity contribution in [2.24, 2.45) is 0 Å². The van der Waals surface area contributed by atoms with Crippen LogP contribution in [0.4, 0.5) is 0 Å². The van der Waals surface area contributed by atoms with Gasteiger partial charge >= 0.3 is 0 Å². The SMILES string of the molecule is CCCS(=O)(=O)CCNC. The topological polar surface area (TPSA) is 46.2 Å². The minimum Gasteiger partial charge on any atom is -0.319 e. The molecule has 0 fully saturated rings. The zero-order valence-corrected chi connectivity index (χ0v) is 7.37. The van der Waals surface area contributed by atoms with Crippen molar-refractivity contribution in [1.82, 2.24) is 5.32 Å². The van der Waals surface area contributed by atoms with Gasteiger partial charge in [-0.3, -0.25) is 0 Å². The van der Waals surface area contributed by atoms with Crippen molar-refractivity contribution in [3.63, 3.8) is 0 Å². The third-order valence-corrected chi connectivity index (χ3v) is 3.03. The molecule has 0 rings (SSSR count). The van der Waals surface area contributed by atoms with Gasteiger partial charge in [0.15, 0.2) is 9.84 Å². The van der Waals surface area contributed by atoms with Crippen LogP contribution in [0.5, 0.6) is 0 Å². The summed E-state index contributed by atoms with van der Waals surface area (Å²) in [6.07, 6.45) is 0.714. The Morgan fingerprint density at radius 2 is 1.90 bits per heavy atom. The summed E-state index contributed by atoms with van der Waals surface area (Å²) in [6.45, 7) is 2.43. The van der Waals surface area contributed by atoms with Crippen molar-refractivity contribution in [3.8, 4) is 0 Å². The maximum absolute atomic E-state index is 10.9. The van der Waals surface area contributed by atoms with Gasteiger partial charge in [0.05, 0.1) is 5.75 Å². The molecule has 0 heterocycles. The molecule has 0 saturated heterocycles. The average Bonchev–Trinajstić information content (AvgIpc) is 1.84. The van der Waals surface area contributed by atoms with Gasteiger partial charge in [0.25, 0.3) is 0 Å². The first-order valence-electron chi connectivity index (χ1n) is 3.47. The van der Waals surface area contributed by atoms with E-state index in [0.29, 0.717) is 18.7 Å². The molecule has 0 atom stereocenters. The lowest BCUT2D eigenvalue weighted by Crippen LogP contribution is -2.21. The Bertz CT molecular complexity index is 163. The second-order valence-corrected chi connectivity index (χ2v) is 4.56. The monoisotopic (exact) mass is 165 g/mol.